The molecule has 1 atom stereocenters. The summed E-state index contributed by atoms with van der Waals surface area (Å²) < 4.78 is 11.1. The fraction of sp³-hybridized carbons (Fsp3) is 0.400. The Morgan fingerprint density at radius 3 is 3.08 bits per heavy atom. The monoisotopic (exact) mass is 198 g/mol. The Kier molecular flexibility index (Phi) is 2.32. The lowest BCUT2D eigenvalue weighted by molar-refractivity contribution is 0.106. The van der Waals surface area contributed by atoms with E-state index in [-0.39, 0.29) is 6.10 Å². The molecule has 70 valence electrons. The standard InChI is InChI=1S/C10H11ClO2/c1-7-2-3-9-10(4-7)12-6-8(5-11)13-9/h2-4,8H,5-6H2,1H3. The van der Waals surface area contributed by atoms with E-state index in [0.29, 0.717) is 12.5 Å². The zero-order chi connectivity index (χ0) is 9.26. The van der Waals surface area contributed by atoms with Crippen molar-refractivity contribution in [3.63, 3.8) is 0 Å². The molecule has 0 spiro atoms. The Morgan fingerprint density at radius 1 is 1.46 bits per heavy atom. The van der Waals surface area contributed by atoms with E-state index in [4.69, 9.17) is 21.1 Å². The second kappa shape index (κ2) is 3.46. The number of benzene rings is 1. The van der Waals surface area contributed by atoms with Gasteiger partial charge in [-0.2, -0.15) is 0 Å². The summed E-state index contributed by atoms with van der Waals surface area (Å²) in [5.41, 5.74) is 1.17. The van der Waals surface area contributed by atoms with Crippen molar-refractivity contribution in [2.75, 3.05) is 12.5 Å². The van der Waals surface area contributed by atoms with Gasteiger partial charge in [-0.1, -0.05) is 6.07 Å². The smallest absolute Gasteiger partial charge is 0.161 e. The van der Waals surface area contributed by atoms with Gasteiger partial charge in [-0.05, 0) is 24.6 Å². The SMILES string of the molecule is Cc1ccc2c(c1)OCC(CCl)O2. The van der Waals surface area contributed by atoms with Gasteiger partial charge in [0.1, 0.15) is 12.7 Å². The van der Waals surface area contributed by atoms with Crippen LogP contribution in [0.5, 0.6) is 11.5 Å². The van der Waals surface area contributed by atoms with Gasteiger partial charge in [0.15, 0.2) is 11.5 Å². The van der Waals surface area contributed by atoms with Crippen molar-refractivity contribution in [3.8, 4) is 11.5 Å². The summed E-state index contributed by atoms with van der Waals surface area (Å²) in [5, 5.41) is 0. The summed E-state index contributed by atoms with van der Waals surface area (Å²) in [7, 11) is 0. The molecule has 1 unspecified atom stereocenters. The zero-order valence-electron chi connectivity index (χ0n) is 7.42. The molecule has 2 nitrogen and oxygen atoms in total. The van der Waals surface area contributed by atoms with E-state index in [1.54, 1.807) is 0 Å². The van der Waals surface area contributed by atoms with Crippen molar-refractivity contribution in [1.29, 1.82) is 0 Å². The van der Waals surface area contributed by atoms with Gasteiger partial charge in [-0.25, -0.2) is 0 Å². The molecule has 1 heterocycles. The van der Waals surface area contributed by atoms with E-state index < -0.39 is 0 Å². The first kappa shape index (κ1) is 8.70. The van der Waals surface area contributed by atoms with Crippen LogP contribution in [0.15, 0.2) is 18.2 Å². The van der Waals surface area contributed by atoms with Crippen LogP contribution in [-0.4, -0.2) is 18.6 Å². The van der Waals surface area contributed by atoms with Crippen molar-refractivity contribution in [3.05, 3.63) is 23.8 Å². The molecule has 1 aromatic carbocycles. The van der Waals surface area contributed by atoms with Gasteiger partial charge in [-0.15, -0.1) is 11.6 Å². The fourth-order valence-electron chi connectivity index (χ4n) is 1.30. The van der Waals surface area contributed by atoms with E-state index in [9.17, 15) is 0 Å². The summed E-state index contributed by atoms with van der Waals surface area (Å²) >= 11 is 5.67. The van der Waals surface area contributed by atoms with Gasteiger partial charge in [0, 0.05) is 0 Å². The lowest BCUT2D eigenvalue weighted by atomic mass is 10.2. The average Bonchev–Trinajstić information content (AvgIpc) is 2.17. The third kappa shape index (κ3) is 1.73. The van der Waals surface area contributed by atoms with E-state index in [0.717, 1.165) is 11.5 Å². The third-order valence-electron chi connectivity index (χ3n) is 1.99. The molecule has 0 aromatic heterocycles. The molecular formula is C10H11ClO2. The van der Waals surface area contributed by atoms with E-state index in [1.807, 2.05) is 25.1 Å². The Balaban J connectivity index is 2.26. The van der Waals surface area contributed by atoms with Crippen molar-refractivity contribution in [1.82, 2.24) is 0 Å². The Morgan fingerprint density at radius 2 is 2.31 bits per heavy atom. The van der Waals surface area contributed by atoms with Crippen LogP contribution in [0.4, 0.5) is 0 Å². The minimum atomic E-state index is -0.0168. The second-order valence-electron chi connectivity index (χ2n) is 3.16. The zero-order valence-corrected chi connectivity index (χ0v) is 8.17. The molecule has 0 aliphatic carbocycles. The molecular weight excluding hydrogens is 188 g/mol. The van der Waals surface area contributed by atoms with Crippen molar-refractivity contribution >= 4 is 11.6 Å². The fourth-order valence-corrected chi connectivity index (χ4v) is 1.45. The van der Waals surface area contributed by atoms with Crippen LogP contribution in [0, 0.1) is 6.92 Å². The number of fused-ring (bicyclic) bond motifs is 1. The maximum Gasteiger partial charge on any atom is 0.161 e. The predicted molar refractivity (Wildman–Crippen MR) is 51.8 cm³/mol. The number of halogens is 1. The normalized spacial score (nSPS) is 20.0. The molecule has 0 bridgehead atoms. The number of ether oxygens (including phenoxy) is 2. The van der Waals surface area contributed by atoms with Crippen molar-refractivity contribution in [2.24, 2.45) is 0 Å². The lowest BCUT2D eigenvalue weighted by Gasteiger charge is -2.25. The summed E-state index contributed by atoms with van der Waals surface area (Å²) in [6.07, 6.45) is -0.0168. The van der Waals surface area contributed by atoms with Gasteiger partial charge in [-0.3, -0.25) is 0 Å². The first-order valence-corrected chi connectivity index (χ1v) is 4.79. The molecule has 2 rings (SSSR count). The minimum absolute atomic E-state index is 0.0168. The highest BCUT2D eigenvalue weighted by Gasteiger charge is 2.19. The summed E-state index contributed by atoms with van der Waals surface area (Å²) in [4.78, 5) is 0. The molecule has 0 saturated carbocycles. The summed E-state index contributed by atoms with van der Waals surface area (Å²) in [5.74, 6) is 2.08. The molecule has 0 amide bonds. The van der Waals surface area contributed by atoms with E-state index in [2.05, 4.69) is 0 Å². The van der Waals surface area contributed by atoms with Crippen molar-refractivity contribution in [2.45, 2.75) is 13.0 Å². The molecule has 3 heteroatoms. The van der Waals surface area contributed by atoms with Crippen LogP contribution in [0.2, 0.25) is 0 Å². The first-order valence-electron chi connectivity index (χ1n) is 4.25. The Hall–Kier alpha value is -0.890. The molecule has 1 aliphatic heterocycles. The molecule has 0 fully saturated rings. The largest absolute Gasteiger partial charge is 0.486 e. The molecule has 0 radical (unpaired) electrons. The predicted octanol–water partition coefficient (Wildman–Crippen LogP) is 2.37. The van der Waals surface area contributed by atoms with Crippen LogP contribution >= 0.6 is 11.6 Å². The Bertz CT molecular complexity index is 312. The average molecular weight is 199 g/mol. The highest BCUT2D eigenvalue weighted by atomic mass is 35.5. The topological polar surface area (TPSA) is 18.5 Å². The number of rotatable bonds is 1. The van der Waals surface area contributed by atoms with E-state index >= 15 is 0 Å². The van der Waals surface area contributed by atoms with Crippen LogP contribution in [0.1, 0.15) is 5.56 Å². The number of hydrogen-bond acceptors (Lipinski definition) is 2. The molecule has 13 heavy (non-hydrogen) atoms. The minimum Gasteiger partial charge on any atom is -0.486 e. The number of aryl methyl sites for hydroxylation is 1. The molecule has 0 N–H and O–H groups in total. The third-order valence-corrected chi connectivity index (χ3v) is 2.33. The second-order valence-corrected chi connectivity index (χ2v) is 3.46. The number of hydrogen-bond donors (Lipinski definition) is 0. The van der Waals surface area contributed by atoms with Gasteiger partial charge >= 0.3 is 0 Å². The van der Waals surface area contributed by atoms with Crippen molar-refractivity contribution < 1.29 is 9.47 Å². The highest BCUT2D eigenvalue weighted by molar-refractivity contribution is 6.18. The van der Waals surface area contributed by atoms with Crippen LogP contribution in [0.25, 0.3) is 0 Å². The molecule has 1 aromatic rings. The number of alkyl halides is 1. The lowest BCUT2D eigenvalue weighted by Crippen LogP contribution is -2.30. The molecule has 1 aliphatic rings. The molecule has 0 saturated heterocycles. The quantitative estimate of drug-likeness (QED) is 0.645. The van der Waals surface area contributed by atoms with Gasteiger partial charge in [0.05, 0.1) is 5.88 Å². The van der Waals surface area contributed by atoms with Gasteiger partial charge in [0.2, 0.25) is 0 Å². The Labute approximate surface area is 82.4 Å². The highest BCUT2D eigenvalue weighted by Crippen LogP contribution is 2.32. The van der Waals surface area contributed by atoms with Crippen LogP contribution in [0.3, 0.4) is 0 Å². The first-order chi connectivity index (χ1) is 6.29. The van der Waals surface area contributed by atoms with E-state index in [1.165, 1.54) is 5.56 Å². The van der Waals surface area contributed by atoms with Crippen LogP contribution < -0.4 is 9.47 Å². The van der Waals surface area contributed by atoms with Crippen LogP contribution in [-0.2, 0) is 0 Å². The maximum atomic E-state index is 5.67. The maximum absolute atomic E-state index is 5.67. The summed E-state index contributed by atoms with van der Waals surface area (Å²) in [6, 6.07) is 5.89. The summed E-state index contributed by atoms with van der Waals surface area (Å²) in [6.45, 7) is 2.57. The van der Waals surface area contributed by atoms with Gasteiger partial charge < -0.3 is 9.47 Å². The van der Waals surface area contributed by atoms with Gasteiger partial charge in [0.25, 0.3) is 0 Å².